The first kappa shape index (κ1) is 17.9. The molecular formula is C16H26N4O2S2. The number of thioether (sulfide) groups is 1. The van der Waals surface area contributed by atoms with E-state index in [0.717, 1.165) is 61.6 Å². The average molecular weight is 371 g/mol. The van der Waals surface area contributed by atoms with E-state index in [4.69, 9.17) is 4.74 Å². The van der Waals surface area contributed by atoms with Crippen LogP contribution in [0.5, 0.6) is 0 Å². The molecule has 3 heterocycles. The Bertz CT molecular complexity index is 548. The Morgan fingerprint density at radius 3 is 2.88 bits per heavy atom. The second kappa shape index (κ2) is 8.49. The van der Waals surface area contributed by atoms with Crippen LogP contribution in [0.25, 0.3) is 0 Å². The van der Waals surface area contributed by atoms with Crippen molar-refractivity contribution in [3.8, 4) is 0 Å². The smallest absolute Gasteiger partial charge is 0.236 e. The Balaban J connectivity index is 1.58. The number of aromatic nitrogens is 2. The fourth-order valence-electron chi connectivity index (χ4n) is 3.28. The molecule has 1 aromatic heterocycles. The highest BCUT2D eigenvalue weighted by atomic mass is 32.2. The van der Waals surface area contributed by atoms with Crippen LogP contribution in [0.1, 0.15) is 39.5 Å². The molecule has 0 aliphatic carbocycles. The van der Waals surface area contributed by atoms with Crippen LogP contribution in [0.2, 0.25) is 0 Å². The summed E-state index contributed by atoms with van der Waals surface area (Å²) in [7, 11) is 0. The molecule has 0 aromatic carbocycles. The Morgan fingerprint density at radius 1 is 1.33 bits per heavy atom. The van der Waals surface area contributed by atoms with Crippen molar-refractivity contribution >= 4 is 34.1 Å². The van der Waals surface area contributed by atoms with Gasteiger partial charge in [0.15, 0.2) is 4.34 Å². The number of amides is 1. The summed E-state index contributed by atoms with van der Waals surface area (Å²) in [5, 5.41) is 9.39. The first-order valence-corrected chi connectivity index (χ1v) is 10.5. The monoisotopic (exact) mass is 370 g/mol. The zero-order chi connectivity index (χ0) is 16.9. The number of likely N-dealkylation sites (tertiary alicyclic amines) is 1. The third-order valence-corrected chi connectivity index (χ3v) is 6.84. The minimum Gasteiger partial charge on any atom is -0.378 e. The van der Waals surface area contributed by atoms with Crippen molar-refractivity contribution < 1.29 is 9.53 Å². The number of ether oxygens (including phenoxy) is 1. The van der Waals surface area contributed by atoms with Gasteiger partial charge < -0.3 is 14.5 Å². The molecule has 2 aliphatic heterocycles. The number of rotatable bonds is 5. The van der Waals surface area contributed by atoms with Gasteiger partial charge >= 0.3 is 0 Å². The summed E-state index contributed by atoms with van der Waals surface area (Å²) < 4.78 is 6.25. The molecular weight excluding hydrogens is 344 g/mol. The molecule has 0 N–H and O–H groups in total. The van der Waals surface area contributed by atoms with Gasteiger partial charge in [-0.15, -0.1) is 10.2 Å². The van der Waals surface area contributed by atoms with Gasteiger partial charge in [-0.05, 0) is 32.6 Å². The molecule has 0 bridgehead atoms. The first-order valence-electron chi connectivity index (χ1n) is 8.82. The minimum atomic E-state index is -0.109. The van der Waals surface area contributed by atoms with Crippen molar-refractivity contribution in [2.75, 3.05) is 37.7 Å². The summed E-state index contributed by atoms with van der Waals surface area (Å²) in [5.41, 5.74) is 0. The molecule has 3 rings (SSSR count). The third-order valence-electron chi connectivity index (χ3n) is 4.68. The molecule has 2 aliphatic rings. The van der Waals surface area contributed by atoms with Crippen LogP contribution in [-0.2, 0) is 9.53 Å². The van der Waals surface area contributed by atoms with E-state index >= 15 is 0 Å². The second-order valence-corrected chi connectivity index (χ2v) is 8.84. The highest BCUT2D eigenvalue weighted by Crippen LogP contribution is 2.32. The number of carbonyl (C=O) groups is 1. The standard InChI is InChI=1S/C16H26N4O2S2/c1-3-13-6-4-5-7-20(13)14(21)12(2)23-16-18-17-15(24-16)19-8-10-22-11-9-19/h12-13H,3-11H2,1-2H3. The molecule has 1 amide bonds. The molecule has 0 saturated carbocycles. The van der Waals surface area contributed by atoms with Gasteiger partial charge in [0.25, 0.3) is 0 Å². The van der Waals surface area contributed by atoms with Crippen LogP contribution in [-0.4, -0.2) is 65.1 Å². The number of hydrogen-bond acceptors (Lipinski definition) is 7. The molecule has 134 valence electrons. The van der Waals surface area contributed by atoms with Crippen LogP contribution >= 0.6 is 23.1 Å². The molecule has 2 saturated heterocycles. The summed E-state index contributed by atoms with van der Waals surface area (Å²) in [6.07, 6.45) is 4.55. The summed E-state index contributed by atoms with van der Waals surface area (Å²) in [5.74, 6) is 0.245. The Hall–Kier alpha value is -0.860. The fraction of sp³-hybridized carbons (Fsp3) is 0.812. The highest BCUT2D eigenvalue weighted by Gasteiger charge is 2.29. The van der Waals surface area contributed by atoms with Crippen molar-refractivity contribution in [2.45, 2.75) is 55.2 Å². The molecule has 0 radical (unpaired) electrons. The van der Waals surface area contributed by atoms with Gasteiger partial charge in [-0.25, -0.2) is 0 Å². The van der Waals surface area contributed by atoms with Gasteiger partial charge in [0.2, 0.25) is 11.0 Å². The first-order chi connectivity index (χ1) is 11.7. The molecule has 2 fully saturated rings. The van der Waals surface area contributed by atoms with Gasteiger partial charge in [-0.3, -0.25) is 4.79 Å². The molecule has 6 nitrogen and oxygen atoms in total. The zero-order valence-electron chi connectivity index (χ0n) is 14.4. The summed E-state index contributed by atoms with van der Waals surface area (Å²) in [6, 6.07) is 0.410. The summed E-state index contributed by atoms with van der Waals surface area (Å²) in [6.45, 7) is 8.27. The molecule has 2 unspecified atom stereocenters. The minimum absolute atomic E-state index is 0.109. The van der Waals surface area contributed by atoms with Crippen molar-refractivity contribution in [2.24, 2.45) is 0 Å². The zero-order valence-corrected chi connectivity index (χ0v) is 16.1. The van der Waals surface area contributed by atoms with Crippen molar-refractivity contribution in [1.29, 1.82) is 0 Å². The number of morpholine rings is 1. The molecule has 1 aromatic rings. The topological polar surface area (TPSA) is 58.6 Å². The van der Waals surface area contributed by atoms with E-state index in [1.54, 1.807) is 11.3 Å². The average Bonchev–Trinajstić information content (AvgIpc) is 3.10. The van der Waals surface area contributed by atoms with Crippen LogP contribution in [0, 0.1) is 0 Å². The van der Waals surface area contributed by atoms with Gasteiger partial charge in [0.05, 0.1) is 18.5 Å². The maximum Gasteiger partial charge on any atom is 0.236 e. The normalized spacial score (nSPS) is 23.3. The molecule has 8 heteroatoms. The van der Waals surface area contributed by atoms with E-state index in [0.29, 0.717) is 6.04 Å². The van der Waals surface area contributed by atoms with Crippen LogP contribution < -0.4 is 4.90 Å². The Kier molecular flexibility index (Phi) is 6.35. The number of nitrogens with zero attached hydrogens (tertiary/aromatic N) is 4. The van der Waals surface area contributed by atoms with Crippen molar-refractivity contribution in [3.63, 3.8) is 0 Å². The van der Waals surface area contributed by atoms with Crippen molar-refractivity contribution in [1.82, 2.24) is 15.1 Å². The summed E-state index contributed by atoms with van der Waals surface area (Å²) >= 11 is 3.12. The van der Waals surface area contributed by atoms with Gasteiger partial charge in [0, 0.05) is 25.7 Å². The van der Waals surface area contributed by atoms with Gasteiger partial charge in [-0.2, -0.15) is 0 Å². The van der Waals surface area contributed by atoms with E-state index in [2.05, 4.69) is 26.9 Å². The van der Waals surface area contributed by atoms with Crippen LogP contribution in [0.4, 0.5) is 5.13 Å². The number of hydrogen-bond donors (Lipinski definition) is 0. The largest absolute Gasteiger partial charge is 0.378 e. The predicted molar refractivity (Wildman–Crippen MR) is 97.9 cm³/mol. The molecule has 2 atom stereocenters. The van der Waals surface area contributed by atoms with Gasteiger partial charge in [-0.1, -0.05) is 30.0 Å². The second-order valence-electron chi connectivity index (χ2n) is 6.30. The number of carbonyl (C=O) groups excluding carboxylic acids is 1. The summed E-state index contributed by atoms with van der Waals surface area (Å²) in [4.78, 5) is 17.1. The van der Waals surface area contributed by atoms with E-state index in [1.165, 1.54) is 18.2 Å². The maximum atomic E-state index is 12.8. The van der Waals surface area contributed by atoms with E-state index in [9.17, 15) is 4.79 Å². The number of anilines is 1. The van der Waals surface area contributed by atoms with Crippen molar-refractivity contribution in [3.05, 3.63) is 0 Å². The quantitative estimate of drug-likeness (QED) is 0.743. The molecule has 24 heavy (non-hydrogen) atoms. The Morgan fingerprint density at radius 2 is 2.12 bits per heavy atom. The fourth-order valence-corrected chi connectivity index (χ4v) is 5.39. The van der Waals surface area contributed by atoms with Crippen LogP contribution in [0.3, 0.4) is 0 Å². The Labute approximate surface area is 151 Å². The van der Waals surface area contributed by atoms with E-state index in [1.807, 2.05) is 6.92 Å². The van der Waals surface area contributed by atoms with Crippen LogP contribution in [0.15, 0.2) is 4.34 Å². The molecule has 0 spiro atoms. The van der Waals surface area contributed by atoms with Gasteiger partial charge in [0.1, 0.15) is 0 Å². The lowest BCUT2D eigenvalue weighted by Gasteiger charge is -2.36. The third kappa shape index (κ3) is 4.21. The predicted octanol–water partition coefficient (Wildman–Crippen LogP) is 2.65. The lowest BCUT2D eigenvalue weighted by molar-refractivity contribution is -0.134. The lowest BCUT2D eigenvalue weighted by Crippen LogP contribution is -2.46. The lowest BCUT2D eigenvalue weighted by atomic mass is 10.00. The SMILES string of the molecule is CCC1CCCCN1C(=O)C(C)Sc1nnc(N2CCOCC2)s1. The number of piperidine rings is 1. The van der Waals surface area contributed by atoms with E-state index < -0.39 is 0 Å². The highest BCUT2D eigenvalue weighted by molar-refractivity contribution is 8.02. The van der Waals surface area contributed by atoms with E-state index in [-0.39, 0.29) is 11.2 Å². The maximum absolute atomic E-state index is 12.8.